The van der Waals surface area contributed by atoms with Crippen molar-refractivity contribution in [1.29, 1.82) is 0 Å². The smallest absolute Gasteiger partial charge is 0.297 e. The zero-order chi connectivity index (χ0) is 46.6. The molecule has 5 aliphatic rings. The number of carbonyl (C=O) groups excluding carboxylic acids is 1. The molecule has 1 spiro atoms. The van der Waals surface area contributed by atoms with Gasteiger partial charge in [0.25, 0.3) is 21.6 Å². The van der Waals surface area contributed by atoms with Crippen LogP contribution in [0.2, 0.25) is 0 Å². The van der Waals surface area contributed by atoms with E-state index in [9.17, 15) is 27.7 Å². The van der Waals surface area contributed by atoms with Crippen LogP contribution in [0.4, 0.5) is 21.5 Å². The highest BCUT2D eigenvalue weighted by atomic mass is 32.2. The molecule has 5 heterocycles. The van der Waals surface area contributed by atoms with E-state index < -0.39 is 37.3 Å². The maximum absolute atomic E-state index is 14.7. The predicted molar refractivity (Wildman–Crippen MR) is 252 cm³/mol. The van der Waals surface area contributed by atoms with Gasteiger partial charge in [-0.05, 0) is 117 Å². The number of pyridine rings is 1. The first-order valence-electron chi connectivity index (χ1n) is 23.6. The van der Waals surface area contributed by atoms with Crippen LogP contribution < -0.4 is 24.4 Å². The summed E-state index contributed by atoms with van der Waals surface area (Å²) < 4.78 is 62.5. The highest BCUT2D eigenvalue weighted by molar-refractivity contribution is 7.90. The van der Waals surface area contributed by atoms with E-state index in [0.717, 1.165) is 69.9 Å². The molecule has 15 nitrogen and oxygen atoms in total. The van der Waals surface area contributed by atoms with E-state index in [1.165, 1.54) is 67.4 Å². The van der Waals surface area contributed by atoms with Gasteiger partial charge < -0.3 is 29.4 Å². The molecule has 10 rings (SSSR count). The van der Waals surface area contributed by atoms with Crippen molar-refractivity contribution in [3.8, 4) is 17.2 Å². The van der Waals surface area contributed by atoms with Crippen molar-refractivity contribution in [2.45, 2.75) is 113 Å². The number of rotatable bonds is 12. The molecular weight excluding hydrogens is 878 g/mol. The number of ether oxygens (including phenoxy) is 3. The first-order chi connectivity index (χ1) is 32.3. The fourth-order valence-electron chi connectivity index (χ4n) is 11.6. The van der Waals surface area contributed by atoms with Gasteiger partial charge in [0, 0.05) is 62.4 Å². The fraction of sp³-hybridized carbons (Fsp3) is 0.480. The van der Waals surface area contributed by atoms with Crippen LogP contribution >= 0.6 is 0 Å². The molecule has 3 N–H and O–H groups in total. The van der Waals surface area contributed by atoms with Gasteiger partial charge in [-0.1, -0.05) is 38.1 Å². The van der Waals surface area contributed by atoms with Gasteiger partial charge in [0.15, 0.2) is 11.4 Å². The van der Waals surface area contributed by atoms with E-state index in [4.69, 9.17) is 14.2 Å². The number of piperidine rings is 1. The summed E-state index contributed by atoms with van der Waals surface area (Å²) >= 11 is 0. The second-order valence-corrected chi connectivity index (χ2v) is 21.2. The Labute approximate surface area is 390 Å². The zero-order valence-electron chi connectivity index (χ0n) is 38.1. The highest BCUT2D eigenvalue weighted by Gasteiger charge is 2.50. The van der Waals surface area contributed by atoms with Crippen molar-refractivity contribution in [3.63, 3.8) is 0 Å². The number of amides is 1. The Balaban J connectivity index is 0.861. The molecule has 3 aliphatic heterocycles. The lowest BCUT2D eigenvalue weighted by Gasteiger charge is -2.56. The number of nitro groups is 1. The number of methoxy groups -OCH3 is 1. The van der Waals surface area contributed by atoms with E-state index in [2.05, 4.69) is 67.9 Å². The van der Waals surface area contributed by atoms with Crippen LogP contribution in [0.25, 0.3) is 11.0 Å². The van der Waals surface area contributed by atoms with E-state index in [0.29, 0.717) is 23.6 Å². The van der Waals surface area contributed by atoms with E-state index in [1.54, 1.807) is 19.2 Å². The molecule has 67 heavy (non-hydrogen) atoms. The molecule has 4 fully saturated rings. The fourth-order valence-corrected chi connectivity index (χ4v) is 12.6. The number of aromatic amines is 1. The van der Waals surface area contributed by atoms with Crippen LogP contribution in [0.5, 0.6) is 17.2 Å². The quantitative estimate of drug-likeness (QED) is 0.0797. The first kappa shape index (κ1) is 45.0. The second kappa shape index (κ2) is 18.0. The number of anilines is 2. The summed E-state index contributed by atoms with van der Waals surface area (Å²) in [6.45, 7) is 7.45. The average molecular weight is 936 g/mol. The minimum absolute atomic E-state index is 0.00509. The summed E-state index contributed by atoms with van der Waals surface area (Å²) in [5, 5.41) is 15.8. The number of H-pyrrole nitrogens is 1. The molecule has 0 bridgehead atoms. The predicted octanol–water partition coefficient (Wildman–Crippen LogP) is 9.61. The van der Waals surface area contributed by atoms with Crippen LogP contribution in [0.1, 0.15) is 112 Å². The van der Waals surface area contributed by atoms with Crippen molar-refractivity contribution in [1.82, 2.24) is 19.6 Å². The lowest BCUT2D eigenvalue weighted by atomic mass is 9.59. The first-order valence-corrected chi connectivity index (χ1v) is 25.1. The number of nitro benzene ring substituents is 1. The van der Waals surface area contributed by atoms with Crippen molar-refractivity contribution < 1.29 is 36.7 Å². The van der Waals surface area contributed by atoms with Gasteiger partial charge in [0.05, 0.1) is 39.1 Å². The normalized spacial score (nSPS) is 23.1. The maximum Gasteiger partial charge on any atom is 0.297 e. The number of nitrogens with one attached hydrogen (secondary N) is 3. The van der Waals surface area contributed by atoms with Gasteiger partial charge in [-0.25, -0.2) is 22.5 Å². The van der Waals surface area contributed by atoms with Gasteiger partial charge in [-0.3, -0.25) is 19.8 Å². The number of sulfonamides is 1. The van der Waals surface area contributed by atoms with Crippen LogP contribution in [-0.2, 0) is 14.8 Å². The lowest BCUT2D eigenvalue weighted by molar-refractivity contribution is -0.384. The SMILES string of the molecule is CO[C@H]1CC[C@H]([C@@H]2COc3cc(S(=O)(=O)NC(=O)c4ccc(N5CCC6(CC5)CC(N5CCC[C@@H]5c5ccccc5C(C)C)C6)cc4Oc4cnc5[nH]cc(F)c5c4)cc([N+](=O)[O-])c3N2)CC1. The molecule has 2 aromatic heterocycles. The zero-order valence-corrected chi connectivity index (χ0v) is 38.9. The molecule has 0 radical (unpaired) electrons. The number of aromatic nitrogens is 2. The average Bonchev–Trinajstić information content (AvgIpc) is 3.96. The molecule has 354 valence electrons. The summed E-state index contributed by atoms with van der Waals surface area (Å²) in [5.74, 6) is -0.717. The molecule has 1 amide bonds. The lowest BCUT2D eigenvalue weighted by Crippen LogP contribution is -2.54. The van der Waals surface area contributed by atoms with E-state index in [1.807, 2.05) is 0 Å². The van der Waals surface area contributed by atoms with Gasteiger partial charge >= 0.3 is 0 Å². The van der Waals surface area contributed by atoms with Crippen LogP contribution in [0, 0.1) is 27.3 Å². The van der Waals surface area contributed by atoms with Crippen LogP contribution in [0.15, 0.2) is 78.0 Å². The summed E-state index contributed by atoms with van der Waals surface area (Å²) in [6.07, 6.45) is 13.0. The number of nitrogens with zero attached hydrogens (tertiary/aromatic N) is 4. The van der Waals surface area contributed by atoms with E-state index >= 15 is 0 Å². The molecule has 2 aliphatic carbocycles. The van der Waals surface area contributed by atoms with Crippen molar-refractivity contribution >= 4 is 44.0 Å². The Morgan fingerprint density at radius 1 is 1.03 bits per heavy atom. The third kappa shape index (κ3) is 8.81. The Kier molecular flexibility index (Phi) is 12.1. The Morgan fingerprint density at radius 2 is 1.81 bits per heavy atom. The van der Waals surface area contributed by atoms with Crippen molar-refractivity contribution in [2.75, 3.05) is 43.6 Å². The third-order valence-corrected chi connectivity index (χ3v) is 16.6. The monoisotopic (exact) mass is 935 g/mol. The minimum atomic E-state index is -4.69. The molecule has 0 unspecified atom stereocenters. The van der Waals surface area contributed by atoms with Crippen molar-refractivity contribution in [2.24, 2.45) is 11.3 Å². The number of benzene rings is 3. The number of likely N-dealkylation sites (tertiary alicyclic amines) is 1. The number of carbonyl (C=O) groups is 1. The largest absolute Gasteiger partial charge is 0.489 e. The van der Waals surface area contributed by atoms with Gasteiger partial charge in [-0.15, -0.1) is 0 Å². The third-order valence-electron chi connectivity index (χ3n) is 15.3. The maximum atomic E-state index is 14.7. The van der Waals surface area contributed by atoms with Gasteiger partial charge in [0.1, 0.15) is 29.6 Å². The summed E-state index contributed by atoms with van der Waals surface area (Å²) in [7, 11) is -3.00. The van der Waals surface area contributed by atoms with Gasteiger partial charge in [0.2, 0.25) is 0 Å². The number of fused-ring (bicyclic) bond motifs is 2. The summed E-state index contributed by atoms with van der Waals surface area (Å²) in [6, 6.07) is 18.3. The topological polar surface area (TPSA) is 181 Å². The van der Waals surface area contributed by atoms with Gasteiger partial charge in [-0.2, -0.15) is 0 Å². The highest BCUT2D eigenvalue weighted by Crippen LogP contribution is 2.54. The molecule has 17 heteroatoms. The summed E-state index contributed by atoms with van der Waals surface area (Å²) in [5.41, 5.74) is 3.78. The van der Waals surface area contributed by atoms with E-state index in [-0.39, 0.29) is 64.0 Å². The second-order valence-electron chi connectivity index (χ2n) is 19.6. The molecule has 2 saturated heterocycles. The van der Waals surface area contributed by atoms with Crippen LogP contribution in [0.3, 0.4) is 0 Å². The Morgan fingerprint density at radius 3 is 2.55 bits per heavy atom. The molecule has 2 saturated carbocycles. The number of hydrogen-bond acceptors (Lipinski definition) is 12. The minimum Gasteiger partial charge on any atom is -0.489 e. The molecular formula is C50H58FN7O8S. The Hall–Kier alpha value is -5.78. The standard InChI is InChI=1S/C50H58FN7O8S/c1-30(2)37-7-4-5-8-38(37)43-9-6-18-57(43)33-25-50(26-33)16-19-56(20-17-50)32-12-15-39(45(21-32)66-35-22-40-41(51)28-53-48(40)52-27-35)49(59)55-67(62,63)36-23-44(58(60)61)47-46(24-36)65-29-42(54-47)31-10-13-34(64-3)14-11-31/h4-5,7-8,12,15,21-24,27-28,30-31,33-34,42-43,54H,6,9-11,13-14,16-20,25-26,29H2,1-3H3,(H,52,53)(H,55,59)/t31-,34-,42-,43+/m0/s1. The molecule has 3 aromatic carbocycles. The number of halogens is 1. The van der Waals surface area contributed by atoms with Crippen molar-refractivity contribution in [3.05, 3.63) is 106 Å². The number of hydrogen-bond donors (Lipinski definition) is 3. The summed E-state index contributed by atoms with van der Waals surface area (Å²) in [4.78, 5) is 37.4. The molecule has 5 aromatic rings. The molecule has 2 atom stereocenters. The Bertz CT molecular complexity index is 2800. The van der Waals surface area contributed by atoms with Crippen LogP contribution in [-0.4, -0.2) is 85.7 Å².